The first kappa shape index (κ1) is 19.5. The molecule has 0 bridgehead atoms. The summed E-state index contributed by atoms with van der Waals surface area (Å²) in [5.74, 6) is -1.67. The van der Waals surface area contributed by atoms with Gasteiger partial charge in [-0.1, -0.05) is 34.1 Å². The topological polar surface area (TPSA) is 55.4 Å². The predicted molar refractivity (Wildman–Crippen MR) is 100 cm³/mol. The van der Waals surface area contributed by atoms with Crippen LogP contribution in [0.15, 0.2) is 57.9 Å². The number of thioether (sulfide) groups is 1. The van der Waals surface area contributed by atoms with Crippen LogP contribution in [0.4, 0.5) is 10.1 Å². The molecule has 2 rings (SSSR count). The molecule has 0 aromatic heterocycles. The zero-order valence-corrected chi connectivity index (χ0v) is 16.1. The number of benzene rings is 2. The standard InChI is InChI=1S/C18H17BrFNO3S/c1-11(17(22)21-16-9-8-13(19)10-15(16)20)24-18(23)12(2)25-14-6-4-3-5-7-14/h3-12H,1-2H3,(H,21,22)/t11-,12+/m0/s1. The normalized spacial score (nSPS) is 13.0. The molecule has 7 heteroatoms. The highest BCUT2D eigenvalue weighted by Gasteiger charge is 2.23. The molecular weight excluding hydrogens is 409 g/mol. The fraction of sp³-hybridized carbons (Fsp3) is 0.222. The lowest BCUT2D eigenvalue weighted by Gasteiger charge is -2.16. The summed E-state index contributed by atoms with van der Waals surface area (Å²) in [6.07, 6.45) is -1.03. The van der Waals surface area contributed by atoms with Crippen LogP contribution in [0.2, 0.25) is 0 Å². The van der Waals surface area contributed by atoms with Crippen molar-refractivity contribution in [3.05, 3.63) is 58.8 Å². The molecule has 25 heavy (non-hydrogen) atoms. The van der Waals surface area contributed by atoms with Gasteiger partial charge in [0.2, 0.25) is 0 Å². The van der Waals surface area contributed by atoms with Gasteiger partial charge < -0.3 is 10.1 Å². The third-order valence-electron chi connectivity index (χ3n) is 3.24. The van der Waals surface area contributed by atoms with E-state index in [1.165, 1.54) is 30.8 Å². The van der Waals surface area contributed by atoms with E-state index in [2.05, 4.69) is 21.2 Å². The van der Waals surface area contributed by atoms with Crippen LogP contribution in [0.5, 0.6) is 0 Å². The van der Waals surface area contributed by atoms with E-state index < -0.39 is 29.0 Å². The maximum Gasteiger partial charge on any atom is 0.319 e. The van der Waals surface area contributed by atoms with Gasteiger partial charge in [0.15, 0.2) is 6.10 Å². The van der Waals surface area contributed by atoms with Gasteiger partial charge in [-0.25, -0.2) is 4.39 Å². The minimum atomic E-state index is -1.03. The Morgan fingerprint density at radius 1 is 1.16 bits per heavy atom. The van der Waals surface area contributed by atoms with Gasteiger partial charge in [0.05, 0.1) is 5.69 Å². The molecule has 0 saturated heterocycles. The third kappa shape index (κ3) is 5.86. The molecule has 0 aliphatic rings. The van der Waals surface area contributed by atoms with E-state index in [1.54, 1.807) is 13.0 Å². The van der Waals surface area contributed by atoms with Crippen molar-refractivity contribution in [2.24, 2.45) is 0 Å². The molecule has 0 radical (unpaired) electrons. The smallest absolute Gasteiger partial charge is 0.319 e. The maximum atomic E-state index is 13.8. The number of nitrogens with one attached hydrogen (secondary N) is 1. The minimum Gasteiger partial charge on any atom is -0.452 e. The van der Waals surface area contributed by atoms with Gasteiger partial charge in [-0.15, -0.1) is 11.8 Å². The average Bonchev–Trinajstić information content (AvgIpc) is 2.58. The van der Waals surface area contributed by atoms with E-state index >= 15 is 0 Å². The summed E-state index contributed by atoms with van der Waals surface area (Å²) < 4.78 is 19.5. The van der Waals surface area contributed by atoms with Crippen molar-refractivity contribution >= 4 is 45.3 Å². The summed E-state index contributed by atoms with van der Waals surface area (Å²) in [6, 6.07) is 13.7. The van der Waals surface area contributed by atoms with Crippen molar-refractivity contribution in [3.63, 3.8) is 0 Å². The quantitative estimate of drug-likeness (QED) is 0.540. The van der Waals surface area contributed by atoms with E-state index in [9.17, 15) is 14.0 Å². The van der Waals surface area contributed by atoms with Gasteiger partial charge in [0.25, 0.3) is 5.91 Å². The van der Waals surface area contributed by atoms with E-state index in [1.807, 2.05) is 30.3 Å². The lowest BCUT2D eigenvalue weighted by Crippen LogP contribution is -2.32. The van der Waals surface area contributed by atoms with Crippen LogP contribution in [0.3, 0.4) is 0 Å². The number of anilines is 1. The number of ether oxygens (including phenoxy) is 1. The van der Waals surface area contributed by atoms with Crippen molar-refractivity contribution in [1.82, 2.24) is 0 Å². The van der Waals surface area contributed by atoms with Crippen LogP contribution < -0.4 is 5.32 Å². The zero-order valence-electron chi connectivity index (χ0n) is 13.7. The summed E-state index contributed by atoms with van der Waals surface area (Å²) in [5.41, 5.74) is 0.0304. The number of hydrogen-bond donors (Lipinski definition) is 1. The number of rotatable bonds is 6. The lowest BCUT2D eigenvalue weighted by molar-refractivity contribution is -0.152. The second-order valence-electron chi connectivity index (χ2n) is 5.27. The zero-order chi connectivity index (χ0) is 18.4. The summed E-state index contributed by atoms with van der Waals surface area (Å²) >= 11 is 4.48. The van der Waals surface area contributed by atoms with E-state index in [0.717, 1.165) is 4.90 Å². The van der Waals surface area contributed by atoms with E-state index in [-0.39, 0.29) is 5.69 Å². The van der Waals surface area contributed by atoms with E-state index in [0.29, 0.717) is 4.47 Å². The highest BCUT2D eigenvalue weighted by molar-refractivity contribution is 9.10. The number of esters is 1. The van der Waals surface area contributed by atoms with Crippen molar-refractivity contribution in [3.8, 4) is 0 Å². The molecule has 0 aliphatic heterocycles. The third-order valence-corrected chi connectivity index (χ3v) is 4.82. The Hall–Kier alpha value is -1.86. The summed E-state index contributed by atoms with van der Waals surface area (Å²) in [4.78, 5) is 25.1. The van der Waals surface area contributed by atoms with Gasteiger partial charge in [-0.2, -0.15) is 0 Å². The van der Waals surface area contributed by atoms with Crippen molar-refractivity contribution < 1.29 is 18.7 Å². The number of carbonyl (C=O) groups is 2. The first-order valence-electron chi connectivity index (χ1n) is 7.55. The van der Waals surface area contributed by atoms with Crippen LogP contribution in [0.1, 0.15) is 13.8 Å². The Morgan fingerprint density at radius 3 is 2.48 bits per heavy atom. The Balaban J connectivity index is 1.90. The Bertz CT molecular complexity index is 757. The van der Waals surface area contributed by atoms with Gasteiger partial charge in [0.1, 0.15) is 11.1 Å². The number of halogens is 2. The monoisotopic (exact) mass is 425 g/mol. The molecule has 2 aromatic carbocycles. The second-order valence-corrected chi connectivity index (χ2v) is 7.60. The van der Waals surface area contributed by atoms with Gasteiger partial charge >= 0.3 is 5.97 Å². The highest BCUT2D eigenvalue weighted by Crippen LogP contribution is 2.24. The van der Waals surface area contributed by atoms with E-state index in [4.69, 9.17) is 4.74 Å². The lowest BCUT2D eigenvalue weighted by atomic mass is 10.3. The molecule has 2 atom stereocenters. The highest BCUT2D eigenvalue weighted by atomic mass is 79.9. The van der Waals surface area contributed by atoms with Gasteiger partial charge in [0, 0.05) is 9.37 Å². The van der Waals surface area contributed by atoms with Gasteiger partial charge in [-0.3, -0.25) is 9.59 Å². The van der Waals surface area contributed by atoms with Crippen molar-refractivity contribution in [2.45, 2.75) is 30.1 Å². The fourth-order valence-electron chi connectivity index (χ4n) is 1.90. The Morgan fingerprint density at radius 2 is 1.84 bits per heavy atom. The maximum absolute atomic E-state index is 13.8. The van der Waals surface area contributed by atoms with Crippen LogP contribution in [-0.2, 0) is 14.3 Å². The molecule has 1 N–H and O–H groups in total. The summed E-state index contributed by atoms with van der Waals surface area (Å²) in [5, 5.41) is 1.94. The molecule has 0 saturated carbocycles. The van der Waals surface area contributed by atoms with Crippen LogP contribution in [0.25, 0.3) is 0 Å². The van der Waals surface area contributed by atoms with Crippen LogP contribution in [-0.4, -0.2) is 23.2 Å². The molecule has 4 nitrogen and oxygen atoms in total. The Labute approximate surface area is 158 Å². The minimum absolute atomic E-state index is 0.0304. The molecule has 0 unspecified atom stereocenters. The number of hydrogen-bond acceptors (Lipinski definition) is 4. The molecule has 132 valence electrons. The molecular formula is C18H17BrFNO3S. The van der Waals surface area contributed by atoms with Crippen LogP contribution >= 0.6 is 27.7 Å². The van der Waals surface area contributed by atoms with Gasteiger partial charge in [-0.05, 0) is 44.2 Å². The van der Waals surface area contributed by atoms with Crippen molar-refractivity contribution in [1.29, 1.82) is 0 Å². The second kappa shape index (κ2) is 9.01. The first-order chi connectivity index (χ1) is 11.9. The summed E-state index contributed by atoms with van der Waals surface area (Å²) in [7, 11) is 0. The predicted octanol–water partition coefficient (Wildman–Crippen LogP) is 4.64. The Kier molecular flexibility index (Phi) is 7.01. The fourth-order valence-corrected chi connectivity index (χ4v) is 3.11. The van der Waals surface area contributed by atoms with Crippen LogP contribution in [0, 0.1) is 5.82 Å². The summed E-state index contributed by atoms with van der Waals surface area (Å²) in [6.45, 7) is 3.16. The molecule has 0 fully saturated rings. The molecule has 0 aliphatic carbocycles. The molecule has 1 amide bonds. The average molecular weight is 426 g/mol. The number of carbonyl (C=O) groups excluding carboxylic acids is 2. The number of amides is 1. The molecule has 0 spiro atoms. The largest absolute Gasteiger partial charge is 0.452 e. The molecule has 0 heterocycles. The van der Waals surface area contributed by atoms with Crippen molar-refractivity contribution in [2.75, 3.05) is 5.32 Å². The first-order valence-corrected chi connectivity index (χ1v) is 9.22. The molecule has 2 aromatic rings. The SMILES string of the molecule is C[C@H](OC(=O)[C@@H](C)Sc1ccccc1)C(=O)Nc1ccc(Br)cc1F.